The predicted molar refractivity (Wildman–Crippen MR) is 79.5 cm³/mol. The van der Waals surface area contributed by atoms with E-state index in [0.717, 1.165) is 5.92 Å². The van der Waals surface area contributed by atoms with Gasteiger partial charge in [0.25, 0.3) is 0 Å². The van der Waals surface area contributed by atoms with Crippen LogP contribution in [0.5, 0.6) is 0 Å². The number of unbranched alkanes of at least 4 members (excludes halogenated alkanes) is 3. The van der Waals surface area contributed by atoms with Crippen molar-refractivity contribution in [3.05, 3.63) is 0 Å². The third-order valence-electron chi connectivity index (χ3n) is 3.50. The summed E-state index contributed by atoms with van der Waals surface area (Å²) in [6.07, 6.45) is 8.14. The summed E-state index contributed by atoms with van der Waals surface area (Å²) in [5.74, 6) is 0.765. The highest BCUT2D eigenvalue weighted by atomic mass is 14.9. The van der Waals surface area contributed by atoms with Gasteiger partial charge in [0.1, 0.15) is 0 Å². The summed E-state index contributed by atoms with van der Waals surface area (Å²) in [7, 11) is 0. The van der Waals surface area contributed by atoms with Gasteiger partial charge in [-0.3, -0.25) is 0 Å². The molecule has 0 fully saturated rings. The fourth-order valence-electron chi connectivity index (χ4n) is 2.27. The van der Waals surface area contributed by atoms with E-state index in [1.807, 2.05) is 0 Å². The minimum atomic E-state index is 0.517. The van der Waals surface area contributed by atoms with Crippen molar-refractivity contribution in [1.82, 2.24) is 5.32 Å². The van der Waals surface area contributed by atoms with Crippen LogP contribution in [0.2, 0.25) is 0 Å². The third-order valence-corrected chi connectivity index (χ3v) is 3.50. The zero-order valence-electron chi connectivity index (χ0n) is 13.1. The maximum atomic E-state index is 3.68. The largest absolute Gasteiger partial charge is 0.314 e. The van der Waals surface area contributed by atoms with Gasteiger partial charge in [0.2, 0.25) is 0 Å². The van der Waals surface area contributed by atoms with Gasteiger partial charge in [0.15, 0.2) is 0 Å². The van der Waals surface area contributed by atoms with Gasteiger partial charge in [-0.15, -0.1) is 0 Å². The van der Waals surface area contributed by atoms with Crippen LogP contribution in [0.25, 0.3) is 0 Å². The molecule has 0 rings (SSSR count). The predicted octanol–water partition coefficient (Wildman–Crippen LogP) is 5.01. The summed E-state index contributed by atoms with van der Waals surface area (Å²) >= 11 is 0. The second-order valence-corrected chi connectivity index (χ2v) is 6.94. The molecule has 0 aromatic rings. The van der Waals surface area contributed by atoms with E-state index in [4.69, 9.17) is 0 Å². The maximum Gasteiger partial charge on any atom is 0.00874 e. The zero-order chi connectivity index (χ0) is 13.3. The molecule has 0 aliphatic rings. The Kier molecular flexibility index (Phi) is 8.94. The van der Waals surface area contributed by atoms with Gasteiger partial charge in [-0.25, -0.2) is 0 Å². The lowest BCUT2D eigenvalue weighted by Crippen LogP contribution is -2.33. The molecule has 0 amide bonds. The summed E-state index contributed by atoms with van der Waals surface area (Å²) in [6.45, 7) is 15.1. The summed E-state index contributed by atoms with van der Waals surface area (Å²) in [4.78, 5) is 0. The van der Waals surface area contributed by atoms with Gasteiger partial charge in [-0.05, 0) is 37.1 Å². The van der Waals surface area contributed by atoms with Gasteiger partial charge < -0.3 is 5.32 Å². The Balaban J connectivity index is 3.35. The maximum absolute atomic E-state index is 3.68. The van der Waals surface area contributed by atoms with Crippen LogP contribution in [-0.4, -0.2) is 12.6 Å². The van der Waals surface area contributed by atoms with Crippen molar-refractivity contribution >= 4 is 0 Å². The molecule has 1 unspecified atom stereocenters. The van der Waals surface area contributed by atoms with Crippen LogP contribution in [0, 0.1) is 11.3 Å². The first-order chi connectivity index (χ1) is 7.87. The van der Waals surface area contributed by atoms with Crippen molar-refractivity contribution in [2.75, 3.05) is 6.54 Å². The average molecular weight is 241 g/mol. The SMILES string of the molecule is CCC(NCCCCCCC(C)(C)C)C(C)C. The molecular formula is C16H35N. The van der Waals surface area contributed by atoms with Crippen LogP contribution in [0.4, 0.5) is 0 Å². The van der Waals surface area contributed by atoms with E-state index in [-0.39, 0.29) is 0 Å². The summed E-state index contributed by atoms with van der Waals surface area (Å²) in [5.41, 5.74) is 0.517. The molecule has 1 heteroatoms. The van der Waals surface area contributed by atoms with Crippen LogP contribution < -0.4 is 5.32 Å². The molecule has 0 bridgehead atoms. The fraction of sp³-hybridized carbons (Fsp3) is 1.00. The van der Waals surface area contributed by atoms with Crippen LogP contribution in [0.1, 0.15) is 80.1 Å². The van der Waals surface area contributed by atoms with E-state index in [0.29, 0.717) is 11.5 Å². The molecule has 1 nitrogen and oxygen atoms in total. The molecule has 104 valence electrons. The van der Waals surface area contributed by atoms with Crippen molar-refractivity contribution in [3.63, 3.8) is 0 Å². The number of hydrogen-bond donors (Lipinski definition) is 1. The van der Waals surface area contributed by atoms with Gasteiger partial charge in [-0.2, -0.15) is 0 Å². The van der Waals surface area contributed by atoms with E-state index in [1.54, 1.807) is 0 Å². The Morgan fingerprint density at radius 1 is 0.941 bits per heavy atom. The molecule has 1 N–H and O–H groups in total. The van der Waals surface area contributed by atoms with Crippen molar-refractivity contribution in [2.45, 2.75) is 86.1 Å². The Bertz CT molecular complexity index is 167. The lowest BCUT2D eigenvalue weighted by Gasteiger charge is -2.21. The molecule has 0 saturated heterocycles. The van der Waals surface area contributed by atoms with Crippen molar-refractivity contribution < 1.29 is 0 Å². The van der Waals surface area contributed by atoms with E-state index in [9.17, 15) is 0 Å². The normalized spacial score (nSPS) is 14.3. The van der Waals surface area contributed by atoms with Crippen molar-refractivity contribution in [2.24, 2.45) is 11.3 Å². The first-order valence-electron chi connectivity index (χ1n) is 7.60. The minimum absolute atomic E-state index is 0.517. The van der Waals surface area contributed by atoms with Gasteiger partial charge >= 0.3 is 0 Å². The van der Waals surface area contributed by atoms with Gasteiger partial charge in [-0.1, -0.05) is 60.8 Å². The summed E-state index contributed by atoms with van der Waals surface area (Å²) in [6, 6.07) is 0.713. The Morgan fingerprint density at radius 2 is 1.53 bits per heavy atom. The molecule has 0 aromatic heterocycles. The second-order valence-electron chi connectivity index (χ2n) is 6.94. The molecule has 0 aromatic carbocycles. The monoisotopic (exact) mass is 241 g/mol. The lowest BCUT2D eigenvalue weighted by molar-refractivity contribution is 0.352. The van der Waals surface area contributed by atoms with E-state index >= 15 is 0 Å². The van der Waals surface area contributed by atoms with Crippen LogP contribution in [0.3, 0.4) is 0 Å². The highest BCUT2D eigenvalue weighted by Gasteiger charge is 2.10. The van der Waals surface area contributed by atoms with E-state index in [1.165, 1.54) is 45.1 Å². The van der Waals surface area contributed by atoms with Crippen LogP contribution >= 0.6 is 0 Å². The highest BCUT2D eigenvalue weighted by molar-refractivity contribution is 4.68. The number of nitrogens with one attached hydrogen (secondary N) is 1. The number of rotatable bonds is 9. The summed E-state index contributed by atoms with van der Waals surface area (Å²) < 4.78 is 0. The standard InChI is InChI=1S/C16H35N/c1-7-15(14(2)3)17-13-11-9-8-10-12-16(4,5)6/h14-15,17H,7-13H2,1-6H3. The topological polar surface area (TPSA) is 12.0 Å². The quantitative estimate of drug-likeness (QED) is 0.560. The Labute approximate surface area is 110 Å². The Morgan fingerprint density at radius 3 is 2.00 bits per heavy atom. The second kappa shape index (κ2) is 8.97. The van der Waals surface area contributed by atoms with E-state index in [2.05, 4.69) is 46.9 Å². The highest BCUT2D eigenvalue weighted by Crippen LogP contribution is 2.22. The van der Waals surface area contributed by atoms with E-state index < -0.39 is 0 Å². The van der Waals surface area contributed by atoms with Gasteiger partial charge in [0, 0.05) is 6.04 Å². The molecule has 0 aliphatic carbocycles. The lowest BCUT2D eigenvalue weighted by atomic mass is 9.89. The molecule has 0 saturated carbocycles. The third kappa shape index (κ3) is 10.8. The summed E-state index contributed by atoms with van der Waals surface area (Å²) in [5, 5.41) is 3.68. The van der Waals surface area contributed by atoms with Crippen molar-refractivity contribution in [1.29, 1.82) is 0 Å². The molecule has 1 atom stereocenters. The average Bonchev–Trinajstić information content (AvgIpc) is 2.20. The van der Waals surface area contributed by atoms with Crippen molar-refractivity contribution in [3.8, 4) is 0 Å². The van der Waals surface area contributed by atoms with Crippen LogP contribution in [0.15, 0.2) is 0 Å². The van der Waals surface area contributed by atoms with Crippen LogP contribution in [-0.2, 0) is 0 Å². The van der Waals surface area contributed by atoms with Gasteiger partial charge in [0.05, 0.1) is 0 Å². The molecule has 0 heterocycles. The first kappa shape index (κ1) is 17.0. The fourth-order valence-corrected chi connectivity index (χ4v) is 2.27. The molecule has 17 heavy (non-hydrogen) atoms. The molecule has 0 radical (unpaired) electrons. The first-order valence-corrected chi connectivity index (χ1v) is 7.60. The molecule has 0 spiro atoms. The molecular weight excluding hydrogens is 206 g/mol. The zero-order valence-corrected chi connectivity index (χ0v) is 13.1. The smallest absolute Gasteiger partial charge is 0.00874 e. The molecule has 0 aliphatic heterocycles. The Hall–Kier alpha value is -0.0400. The minimum Gasteiger partial charge on any atom is -0.314 e. The number of hydrogen-bond acceptors (Lipinski definition) is 1.